The van der Waals surface area contributed by atoms with Crippen LogP contribution in [0.15, 0.2) is 0 Å². The summed E-state index contributed by atoms with van der Waals surface area (Å²) in [6.45, 7) is 2.47. The lowest BCUT2D eigenvalue weighted by Gasteiger charge is -2.35. The molecule has 2 unspecified atom stereocenters. The van der Waals surface area contributed by atoms with Crippen molar-refractivity contribution < 1.29 is 14.3 Å². The quantitative estimate of drug-likeness (QED) is 0.696. The van der Waals surface area contributed by atoms with E-state index in [0.717, 1.165) is 25.7 Å². The summed E-state index contributed by atoms with van der Waals surface area (Å²) in [7, 11) is 3.09. The lowest BCUT2D eigenvalue weighted by atomic mass is 9.76. The minimum Gasteiger partial charge on any atom is -0.354 e. The van der Waals surface area contributed by atoms with Crippen LogP contribution < -0.4 is 11.1 Å². The third kappa shape index (κ3) is 3.94. The first kappa shape index (κ1) is 14.4. The van der Waals surface area contributed by atoms with Gasteiger partial charge >= 0.3 is 0 Å². The van der Waals surface area contributed by atoms with Gasteiger partial charge in [-0.3, -0.25) is 4.79 Å². The molecule has 1 aliphatic rings. The van der Waals surface area contributed by atoms with E-state index >= 15 is 0 Å². The number of methoxy groups -OCH3 is 2. The maximum absolute atomic E-state index is 12.1. The number of nitrogens with two attached hydrogens (primary N) is 1. The van der Waals surface area contributed by atoms with Crippen molar-refractivity contribution >= 4 is 5.91 Å². The van der Waals surface area contributed by atoms with Crippen LogP contribution in [0, 0.1) is 5.92 Å². The van der Waals surface area contributed by atoms with Crippen molar-refractivity contribution in [3.05, 3.63) is 0 Å². The van der Waals surface area contributed by atoms with E-state index in [-0.39, 0.29) is 5.91 Å². The molecule has 2 atom stereocenters. The van der Waals surface area contributed by atoms with E-state index in [0.29, 0.717) is 12.5 Å². The van der Waals surface area contributed by atoms with Crippen molar-refractivity contribution in [2.45, 2.75) is 44.4 Å². The molecule has 0 spiro atoms. The van der Waals surface area contributed by atoms with Crippen LogP contribution >= 0.6 is 0 Å². The SMILES string of the molecule is COC(CNC(=O)C1(N)CCCC(C)C1)OC. The van der Waals surface area contributed by atoms with Crippen molar-refractivity contribution in [2.24, 2.45) is 11.7 Å². The van der Waals surface area contributed by atoms with Crippen molar-refractivity contribution in [3.8, 4) is 0 Å². The van der Waals surface area contributed by atoms with E-state index in [1.807, 2.05) is 0 Å². The molecular formula is C12H24N2O3. The zero-order chi connectivity index (χ0) is 12.9. The van der Waals surface area contributed by atoms with Gasteiger partial charge in [-0.05, 0) is 18.8 Å². The maximum Gasteiger partial charge on any atom is 0.240 e. The summed E-state index contributed by atoms with van der Waals surface area (Å²) in [5.41, 5.74) is 5.45. The van der Waals surface area contributed by atoms with E-state index in [4.69, 9.17) is 15.2 Å². The summed E-state index contributed by atoms with van der Waals surface area (Å²) < 4.78 is 10.0. The fraction of sp³-hybridized carbons (Fsp3) is 0.917. The molecule has 5 nitrogen and oxygen atoms in total. The van der Waals surface area contributed by atoms with Crippen LogP contribution in [0.5, 0.6) is 0 Å². The Morgan fingerprint density at radius 2 is 2.18 bits per heavy atom. The van der Waals surface area contributed by atoms with E-state index in [2.05, 4.69) is 12.2 Å². The van der Waals surface area contributed by atoms with Crippen LogP contribution in [-0.2, 0) is 14.3 Å². The highest BCUT2D eigenvalue weighted by Gasteiger charge is 2.37. The van der Waals surface area contributed by atoms with Crippen LogP contribution in [-0.4, -0.2) is 38.5 Å². The average molecular weight is 244 g/mol. The van der Waals surface area contributed by atoms with E-state index in [9.17, 15) is 4.79 Å². The van der Waals surface area contributed by atoms with Gasteiger partial charge in [-0.25, -0.2) is 0 Å². The van der Waals surface area contributed by atoms with Gasteiger partial charge in [0.1, 0.15) is 0 Å². The van der Waals surface area contributed by atoms with Gasteiger partial charge in [0, 0.05) is 14.2 Å². The molecule has 1 rings (SSSR count). The molecule has 1 aliphatic carbocycles. The Bertz CT molecular complexity index is 256. The van der Waals surface area contributed by atoms with E-state index in [1.165, 1.54) is 0 Å². The first-order valence-electron chi connectivity index (χ1n) is 6.14. The van der Waals surface area contributed by atoms with Crippen LogP contribution in [0.25, 0.3) is 0 Å². The van der Waals surface area contributed by atoms with Crippen LogP contribution in [0.4, 0.5) is 0 Å². The molecule has 3 N–H and O–H groups in total. The fourth-order valence-corrected chi connectivity index (χ4v) is 2.41. The van der Waals surface area contributed by atoms with Crippen molar-refractivity contribution in [2.75, 3.05) is 20.8 Å². The molecule has 0 radical (unpaired) electrons. The molecule has 0 aromatic carbocycles. The topological polar surface area (TPSA) is 73.6 Å². The molecule has 0 aliphatic heterocycles. The van der Waals surface area contributed by atoms with Gasteiger partial charge in [-0.15, -0.1) is 0 Å². The number of nitrogens with one attached hydrogen (secondary N) is 1. The van der Waals surface area contributed by atoms with Gasteiger partial charge < -0.3 is 20.5 Å². The smallest absolute Gasteiger partial charge is 0.240 e. The van der Waals surface area contributed by atoms with Crippen LogP contribution in [0.1, 0.15) is 32.6 Å². The summed E-state index contributed by atoms with van der Waals surface area (Å²) in [5.74, 6) is 0.420. The van der Waals surface area contributed by atoms with Crippen LogP contribution in [0.3, 0.4) is 0 Å². The second-order valence-corrected chi connectivity index (χ2v) is 4.97. The molecule has 17 heavy (non-hydrogen) atoms. The molecule has 0 aromatic heterocycles. The zero-order valence-electron chi connectivity index (χ0n) is 11.0. The molecule has 1 amide bonds. The first-order valence-corrected chi connectivity index (χ1v) is 6.14. The second-order valence-electron chi connectivity index (χ2n) is 4.97. The number of carbonyl (C=O) groups is 1. The number of carbonyl (C=O) groups excluding carboxylic acids is 1. The molecule has 1 fully saturated rings. The Kier molecular flexibility index (Phi) is 5.36. The van der Waals surface area contributed by atoms with Crippen molar-refractivity contribution in [3.63, 3.8) is 0 Å². The Labute approximate surface area is 103 Å². The summed E-state index contributed by atoms with van der Waals surface area (Å²) in [4.78, 5) is 12.1. The highest BCUT2D eigenvalue weighted by molar-refractivity contribution is 5.86. The standard InChI is InChI=1S/C12H24N2O3/c1-9-5-4-6-12(13,7-9)11(15)14-8-10(16-2)17-3/h9-10H,4-8,13H2,1-3H3,(H,14,15). The fourth-order valence-electron chi connectivity index (χ4n) is 2.41. The van der Waals surface area contributed by atoms with E-state index in [1.54, 1.807) is 14.2 Å². The summed E-state index contributed by atoms with van der Waals surface area (Å²) >= 11 is 0. The van der Waals surface area contributed by atoms with Gasteiger partial charge in [-0.1, -0.05) is 19.8 Å². The molecule has 100 valence electrons. The van der Waals surface area contributed by atoms with Crippen molar-refractivity contribution in [1.82, 2.24) is 5.32 Å². The Balaban J connectivity index is 2.45. The summed E-state index contributed by atoms with van der Waals surface area (Å²) in [6, 6.07) is 0. The van der Waals surface area contributed by atoms with Gasteiger partial charge in [0.05, 0.1) is 12.1 Å². The van der Waals surface area contributed by atoms with Crippen LogP contribution in [0.2, 0.25) is 0 Å². The Hall–Kier alpha value is -0.650. The normalized spacial score (nSPS) is 29.4. The molecule has 0 saturated heterocycles. The highest BCUT2D eigenvalue weighted by Crippen LogP contribution is 2.30. The van der Waals surface area contributed by atoms with Gasteiger partial charge in [0.15, 0.2) is 6.29 Å². The minimum atomic E-state index is -0.719. The monoisotopic (exact) mass is 244 g/mol. The highest BCUT2D eigenvalue weighted by atomic mass is 16.7. The molecule has 0 aromatic rings. The number of amides is 1. The minimum absolute atomic E-state index is 0.0943. The number of rotatable bonds is 5. The lowest BCUT2D eigenvalue weighted by molar-refractivity contribution is -0.133. The largest absolute Gasteiger partial charge is 0.354 e. The summed E-state index contributed by atoms with van der Waals surface area (Å²) in [5, 5.41) is 2.80. The average Bonchev–Trinajstić information content (AvgIpc) is 2.29. The third-order valence-electron chi connectivity index (χ3n) is 3.44. The lowest BCUT2D eigenvalue weighted by Crippen LogP contribution is -2.57. The molecular weight excluding hydrogens is 220 g/mol. The number of ether oxygens (including phenoxy) is 2. The number of hydrogen-bond acceptors (Lipinski definition) is 4. The van der Waals surface area contributed by atoms with Gasteiger partial charge in [-0.2, -0.15) is 0 Å². The van der Waals surface area contributed by atoms with Gasteiger partial charge in [0.2, 0.25) is 5.91 Å². The maximum atomic E-state index is 12.1. The first-order chi connectivity index (χ1) is 8.01. The zero-order valence-corrected chi connectivity index (χ0v) is 11.0. The molecule has 1 saturated carbocycles. The van der Waals surface area contributed by atoms with Gasteiger partial charge in [0.25, 0.3) is 0 Å². The molecule has 0 heterocycles. The predicted octanol–water partition coefficient (Wildman–Crippen LogP) is 0.629. The number of hydrogen-bond donors (Lipinski definition) is 2. The molecule has 5 heteroatoms. The Morgan fingerprint density at radius 1 is 1.53 bits per heavy atom. The van der Waals surface area contributed by atoms with Crippen molar-refractivity contribution in [1.29, 1.82) is 0 Å². The van der Waals surface area contributed by atoms with E-state index < -0.39 is 11.8 Å². The molecule has 0 bridgehead atoms. The predicted molar refractivity (Wildman–Crippen MR) is 65.4 cm³/mol. The Morgan fingerprint density at radius 3 is 2.71 bits per heavy atom. The second kappa shape index (κ2) is 6.33. The third-order valence-corrected chi connectivity index (χ3v) is 3.44. The summed E-state index contributed by atoms with van der Waals surface area (Å²) in [6.07, 6.45) is 3.27.